The van der Waals surface area contributed by atoms with Gasteiger partial charge in [-0.1, -0.05) is 25.8 Å². The van der Waals surface area contributed by atoms with Crippen molar-refractivity contribution >= 4 is 5.97 Å². The van der Waals surface area contributed by atoms with E-state index in [2.05, 4.69) is 11.9 Å². The van der Waals surface area contributed by atoms with Gasteiger partial charge in [0, 0.05) is 11.9 Å². The topological polar surface area (TPSA) is 50.2 Å². The second-order valence-electron chi connectivity index (χ2n) is 4.04. The van der Waals surface area contributed by atoms with Gasteiger partial charge in [-0.15, -0.1) is 0 Å². The van der Waals surface area contributed by atoms with Crippen molar-refractivity contribution in [3.8, 4) is 0 Å². The number of unbranched alkanes of at least 4 members (excludes halogenated alkanes) is 1. The quantitative estimate of drug-likeness (QED) is 0.770. The van der Waals surface area contributed by atoms with Gasteiger partial charge in [-0.3, -0.25) is 9.78 Å². The molecule has 1 atom stereocenters. The molecule has 0 saturated heterocycles. The zero-order chi connectivity index (χ0) is 11.8. The van der Waals surface area contributed by atoms with Crippen LogP contribution in [-0.4, -0.2) is 16.1 Å². The number of aromatic nitrogens is 1. The average molecular weight is 221 g/mol. The predicted molar refractivity (Wildman–Crippen MR) is 63.2 cm³/mol. The van der Waals surface area contributed by atoms with E-state index < -0.39 is 5.97 Å². The van der Waals surface area contributed by atoms with Crippen LogP contribution >= 0.6 is 0 Å². The van der Waals surface area contributed by atoms with Gasteiger partial charge >= 0.3 is 5.97 Å². The Labute approximate surface area is 96.5 Å². The maximum atomic E-state index is 11.0. The van der Waals surface area contributed by atoms with E-state index >= 15 is 0 Å². The summed E-state index contributed by atoms with van der Waals surface area (Å²) < 4.78 is 0. The Balaban J connectivity index is 2.41. The molecule has 0 aromatic carbocycles. The third kappa shape index (κ3) is 4.43. The van der Waals surface area contributed by atoms with Gasteiger partial charge < -0.3 is 5.11 Å². The van der Waals surface area contributed by atoms with Gasteiger partial charge in [0.15, 0.2) is 0 Å². The summed E-state index contributed by atoms with van der Waals surface area (Å²) in [5.41, 5.74) is 0.977. The van der Waals surface area contributed by atoms with E-state index in [-0.39, 0.29) is 5.92 Å². The number of pyridine rings is 1. The van der Waals surface area contributed by atoms with E-state index in [1.165, 1.54) is 0 Å². The van der Waals surface area contributed by atoms with Crippen LogP contribution in [0.25, 0.3) is 0 Å². The van der Waals surface area contributed by atoms with Crippen LogP contribution in [0.5, 0.6) is 0 Å². The Morgan fingerprint density at radius 3 is 2.81 bits per heavy atom. The lowest BCUT2D eigenvalue weighted by molar-refractivity contribution is -0.142. The molecule has 1 N–H and O–H groups in total. The van der Waals surface area contributed by atoms with Crippen LogP contribution in [-0.2, 0) is 11.2 Å². The number of carbonyl (C=O) groups is 1. The number of hydrogen-bond donors (Lipinski definition) is 1. The minimum absolute atomic E-state index is 0.220. The SMILES string of the molecule is CCCCC(CCc1ccccn1)C(=O)O. The molecule has 16 heavy (non-hydrogen) atoms. The summed E-state index contributed by atoms with van der Waals surface area (Å²) in [4.78, 5) is 15.2. The Kier molecular flexibility index (Phi) is 5.54. The Morgan fingerprint density at radius 1 is 1.44 bits per heavy atom. The molecule has 0 saturated carbocycles. The molecule has 1 heterocycles. The van der Waals surface area contributed by atoms with Crippen LogP contribution < -0.4 is 0 Å². The Morgan fingerprint density at radius 2 is 2.25 bits per heavy atom. The third-order valence-electron chi connectivity index (χ3n) is 2.73. The third-order valence-corrected chi connectivity index (χ3v) is 2.73. The highest BCUT2D eigenvalue weighted by Gasteiger charge is 2.16. The molecule has 0 fully saturated rings. The molecule has 88 valence electrons. The van der Waals surface area contributed by atoms with Crippen molar-refractivity contribution in [2.45, 2.75) is 39.0 Å². The van der Waals surface area contributed by atoms with Crippen molar-refractivity contribution in [2.24, 2.45) is 5.92 Å². The smallest absolute Gasteiger partial charge is 0.306 e. The van der Waals surface area contributed by atoms with E-state index in [0.717, 1.165) is 31.4 Å². The van der Waals surface area contributed by atoms with Crippen molar-refractivity contribution in [2.75, 3.05) is 0 Å². The second kappa shape index (κ2) is 6.99. The highest BCUT2D eigenvalue weighted by Crippen LogP contribution is 2.15. The molecule has 0 aliphatic rings. The second-order valence-corrected chi connectivity index (χ2v) is 4.04. The molecule has 0 aliphatic heterocycles. The molecular formula is C13H19NO2. The van der Waals surface area contributed by atoms with E-state index in [4.69, 9.17) is 5.11 Å². The fourth-order valence-electron chi connectivity index (χ4n) is 1.71. The van der Waals surface area contributed by atoms with Crippen molar-refractivity contribution < 1.29 is 9.90 Å². The first kappa shape index (κ1) is 12.7. The number of aliphatic carboxylic acids is 1. The van der Waals surface area contributed by atoms with E-state index in [1.807, 2.05) is 18.2 Å². The van der Waals surface area contributed by atoms with Crippen molar-refractivity contribution in [1.29, 1.82) is 0 Å². The number of aryl methyl sites for hydroxylation is 1. The van der Waals surface area contributed by atoms with Crippen LogP contribution in [0.15, 0.2) is 24.4 Å². The normalized spacial score (nSPS) is 12.3. The Hall–Kier alpha value is -1.38. The Bertz CT molecular complexity index is 311. The molecule has 3 nitrogen and oxygen atoms in total. The summed E-state index contributed by atoms with van der Waals surface area (Å²) in [7, 11) is 0. The van der Waals surface area contributed by atoms with Gasteiger partial charge in [0.05, 0.1) is 5.92 Å². The van der Waals surface area contributed by atoms with Crippen molar-refractivity contribution in [3.63, 3.8) is 0 Å². The molecule has 1 unspecified atom stereocenters. The summed E-state index contributed by atoms with van der Waals surface area (Å²) in [5, 5.41) is 9.06. The largest absolute Gasteiger partial charge is 0.481 e. The molecule has 0 amide bonds. The molecule has 0 spiro atoms. The zero-order valence-corrected chi connectivity index (χ0v) is 9.72. The van der Waals surface area contributed by atoms with Crippen LogP contribution in [0.1, 0.15) is 38.3 Å². The van der Waals surface area contributed by atoms with E-state index in [0.29, 0.717) is 6.42 Å². The fourth-order valence-corrected chi connectivity index (χ4v) is 1.71. The maximum Gasteiger partial charge on any atom is 0.306 e. The number of carboxylic acid groups (broad SMARTS) is 1. The zero-order valence-electron chi connectivity index (χ0n) is 9.72. The number of rotatable bonds is 7. The van der Waals surface area contributed by atoms with Gasteiger partial charge in [0.25, 0.3) is 0 Å². The molecule has 1 aromatic rings. The first-order chi connectivity index (χ1) is 7.74. The van der Waals surface area contributed by atoms with Gasteiger partial charge in [-0.25, -0.2) is 0 Å². The fraction of sp³-hybridized carbons (Fsp3) is 0.538. The molecule has 0 bridgehead atoms. The number of hydrogen-bond acceptors (Lipinski definition) is 2. The molecule has 0 radical (unpaired) electrons. The summed E-state index contributed by atoms with van der Waals surface area (Å²) in [6, 6.07) is 5.75. The lowest BCUT2D eigenvalue weighted by atomic mass is 9.96. The van der Waals surface area contributed by atoms with Gasteiger partial charge in [-0.05, 0) is 31.4 Å². The minimum atomic E-state index is -0.676. The van der Waals surface area contributed by atoms with E-state index in [9.17, 15) is 4.79 Å². The number of nitrogens with zero attached hydrogens (tertiary/aromatic N) is 1. The average Bonchev–Trinajstić information content (AvgIpc) is 2.30. The van der Waals surface area contributed by atoms with Crippen molar-refractivity contribution in [1.82, 2.24) is 4.98 Å². The highest BCUT2D eigenvalue weighted by atomic mass is 16.4. The first-order valence-corrected chi connectivity index (χ1v) is 5.86. The molecule has 0 aliphatic carbocycles. The molecular weight excluding hydrogens is 202 g/mol. The summed E-state index contributed by atoms with van der Waals surface area (Å²) in [5.74, 6) is -0.897. The summed E-state index contributed by atoms with van der Waals surface area (Å²) in [6.45, 7) is 2.08. The first-order valence-electron chi connectivity index (χ1n) is 5.86. The van der Waals surface area contributed by atoms with Crippen LogP contribution in [0.4, 0.5) is 0 Å². The monoisotopic (exact) mass is 221 g/mol. The summed E-state index contributed by atoms with van der Waals surface area (Å²) in [6.07, 6.45) is 6.00. The van der Waals surface area contributed by atoms with Crippen LogP contribution in [0, 0.1) is 5.92 Å². The predicted octanol–water partition coefficient (Wildman–Crippen LogP) is 2.91. The molecule has 1 aromatic heterocycles. The highest BCUT2D eigenvalue weighted by molar-refractivity contribution is 5.69. The molecule has 3 heteroatoms. The van der Waals surface area contributed by atoms with Gasteiger partial charge in [0.2, 0.25) is 0 Å². The van der Waals surface area contributed by atoms with Gasteiger partial charge in [-0.2, -0.15) is 0 Å². The summed E-state index contributed by atoms with van der Waals surface area (Å²) >= 11 is 0. The standard InChI is InChI=1S/C13H19NO2/c1-2-3-6-11(13(15)16)8-9-12-7-4-5-10-14-12/h4-5,7,10-11H,2-3,6,8-9H2,1H3,(H,15,16). The van der Waals surface area contributed by atoms with Crippen LogP contribution in [0.3, 0.4) is 0 Å². The van der Waals surface area contributed by atoms with Gasteiger partial charge in [0.1, 0.15) is 0 Å². The van der Waals surface area contributed by atoms with E-state index in [1.54, 1.807) is 6.20 Å². The van der Waals surface area contributed by atoms with Crippen molar-refractivity contribution in [3.05, 3.63) is 30.1 Å². The lowest BCUT2D eigenvalue weighted by Gasteiger charge is -2.10. The van der Waals surface area contributed by atoms with Crippen LogP contribution in [0.2, 0.25) is 0 Å². The maximum absolute atomic E-state index is 11.0. The minimum Gasteiger partial charge on any atom is -0.481 e. The number of carboxylic acids is 1. The molecule has 1 rings (SSSR count). The lowest BCUT2D eigenvalue weighted by Crippen LogP contribution is -2.14.